The molecule has 2 aliphatic rings. The van der Waals surface area contributed by atoms with Gasteiger partial charge in [-0.15, -0.1) is 13.2 Å². The van der Waals surface area contributed by atoms with Gasteiger partial charge in [0.05, 0.1) is 18.2 Å². The standard InChI is InChI=1S/C21H23F3N4O3/c1-30-12-17-4-5-28(17)19(29)16-10-26-20(27-11-16)25-9-13-6-15(14-2-3-14)8-18(7-13)31-21(22,23)24/h6-8,10-11,14,17H,2-5,9,12H2,1H3,(H,25,26,27)/t17-/m0/s1. The Morgan fingerprint density at radius 1 is 1.19 bits per heavy atom. The molecule has 2 fully saturated rings. The highest BCUT2D eigenvalue weighted by Gasteiger charge is 2.33. The minimum Gasteiger partial charge on any atom is -0.406 e. The molecule has 0 bridgehead atoms. The summed E-state index contributed by atoms with van der Waals surface area (Å²) >= 11 is 0. The maximum absolute atomic E-state index is 12.6. The van der Waals surface area contributed by atoms with Crippen molar-refractivity contribution in [2.75, 3.05) is 25.6 Å². The van der Waals surface area contributed by atoms with E-state index in [9.17, 15) is 18.0 Å². The van der Waals surface area contributed by atoms with E-state index in [1.165, 1.54) is 24.5 Å². The van der Waals surface area contributed by atoms with E-state index in [1.54, 1.807) is 12.0 Å². The van der Waals surface area contributed by atoms with E-state index in [4.69, 9.17) is 4.74 Å². The van der Waals surface area contributed by atoms with Crippen LogP contribution in [0.15, 0.2) is 30.6 Å². The fourth-order valence-corrected chi connectivity index (χ4v) is 3.58. The Labute approximate surface area is 177 Å². The number of amides is 1. The first-order valence-electron chi connectivity index (χ1n) is 10.1. The smallest absolute Gasteiger partial charge is 0.406 e. The monoisotopic (exact) mass is 436 g/mol. The summed E-state index contributed by atoms with van der Waals surface area (Å²) in [5.41, 5.74) is 1.85. The Bertz CT molecular complexity index is 932. The van der Waals surface area contributed by atoms with E-state index in [1.807, 2.05) is 6.07 Å². The van der Waals surface area contributed by atoms with Crippen LogP contribution in [0.3, 0.4) is 0 Å². The highest BCUT2D eigenvalue weighted by Crippen LogP contribution is 2.42. The van der Waals surface area contributed by atoms with E-state index in [2.05, 4.69) is 20.0 Å². The topological polar surface area (TPSA) is 76.6 Å². The van der Waals surface area contributed by atoms with Gasteiger partial charge in [0.25, 0.3) is 5.91 Å². The molecule has 1 saturated carbocycles. The molecule has 10 heteroatoms. The van der Waals surface area contributed by atoms with Crippen molar-refractivity contribution in [3.8, 4) is 5.75 Å². The molecule has 7 nitrogen and oxygen atoms in total. The van der Waals surface area contributed by atoms with Gasteiger partial charge in [-0.2, -0.15) is 0 Å². The van der Waals surface area contributed by atoms with Gasteiger partial charge in [-0.3, -0.25) is 4.79 Å². The van der Waals surface area contributed by atoms with E-state index < -0.39 is 6.36 Å². The molecule has 0 unspecified atom stereocenters. The summed E-state index contributed by atoms with van der Waals surface area (Å²) in [5, 5.41) is 2.99. The third-order valence-electron chi connectivity index (χ3n) is 5.38. The van der Waals surface area contributed by atoms with Gasteiger partial charge in [-0.05, 0) is 48.4 Å². The zero-order valence-corrected chi connectivity index (χ0v) is 17.0. The second-order valence-electron chi connectivity index (χ2n) is 7.78. The molecule has 1 aromatic carbocycles. The van der Waals surface area contributed by atoms with Crippen molar-refractivity contribution in [1.82, 2.24) is 14.9 Å². The number of anilines is 1. The molecule has 1 saturated heterocycles. The summed E-state index contributed by atoms with van der Waals surface area (Å²) in [4.78, 5) is 22.6. The predicted molar refractivity (Wildman–Crippen MR) is 106 cm³/mol. The van der Waals surface area contributed by atoms with Gasteiger partial charge < -0.3 is 19.7 Å². The number of methoxy groups -OCH3 is 1. The molecule has 4 rings (SSSR count). The van der Waals surface area contributed by atoms with Crippen molar-refractivity contribution >= 4 is 11.9 Å². The lowest BCUT2D eigenvalue weighted by atomic mass is 10.0. The quantitative estimate of drug-likeness (QED) is 0.680. The van der Waals surface area contributed by atoms with Crippen LogP contribution in [0.4, 0.5) is 19.1 Å². The van der Waals surface area contributed by atoms with Crippen molar-refractivity contribution in [3.05, 3.63) is 47.3 Å². The lowest BCUT2D eigenvalue weighted by Crippen LogP contribution is -2.53. The molecule has 1 aliphatic carbocycles. The van der Waals surface area contributed by atoms with Crippen LogP contribution in [0, 0.1) is 0 Å². The predicted octanol–water partition coefficient (Wildman–Crippen LogP) is 3.73. The third kappa shape index (κ3) is 5.43. The maximum atomic E-state index is 12.6. The molecule has 1 aliphatic heterocycles. The molecule has 31 heavy (non-hydrogen) atoms. The van der Waals surface area contributed by atoms with Crippen LogP contribution in [0.5, 0.6) is 5.75 Å². The number of rotatable bonds is 8. The fourth-order valence-electron chi connectivity index (χ4n) is 3.58. The molecular formula is C21H23F3N4O3. The first kappa shape index (κ1) is 21.4. The zero-order chi connectivity index (χ0) is 22.0. The number of likely N-dealkylation sites (tertiary alicyclic amines) is 1. The molecule has 0 radical (unpaired) electrons. The number of nitrogens with zero attached hydrogens (tertiary/aromatic N) is 3. The van der Waals surface area contributed by atoms with Gasteiger partial charge in [-0.1, -0.05) is 6.07 Å². The van der Waals surface area contributed by atoms with Crippen LogP contribution in [0.1, 0.15) is 46.7 Å². The van der Waals surface area contributed by atoms with Crippen molar-refractivity contribution in [2.24, 2.45) is 0 Å². The Morgan fingerprint density at radius 2 is 1.94 bits per heavy atom. The number of alkyl halides is 3. The number of carbonyl (C=O) groups is 1. The highest BCUT2D eigenvalue weighted by molar-refractivity contribution is 5.94. The zero-order valence-electron chi connectivity index (χ0n) is 17.0. The largest absolute Gasteiger partial charge is 0.573 e. The summed E-state index contributed by atoms with van der Waals surface area (Å²) in [5.74, 6) is 0.186. The van der Waals surface area contributed by atoms with Gasteiger partial charge in [0, 0.05) is 32.6 Å². The van der Waals surface area contributed by atoms with Crippen molar-refractivity contribution in [2.45, 2.75) is 44.1 Å². The highest BCUT2D eigenvalue weighted by atomic mass is 19.4. The normalized spacial score (nSPS) is 18.5. The molecule has 2 aromatic rings. The Hall–Kier alpha value is -2.88. The summed E-state index contributed by atoms with van der Waals surface area (Å²) in [6.07, 6.45) is 0.973. The molecule has 1 atom stereocenters. The number of benzene rings is 1. The van der Waals surface area contributed by atoms with Crippen LogP contribution < -0.4 is 10.1 Å². The van der Waals surface area contributed by atoms with Crippen LogP contribution in [0.25, 0.3) is 0 Å². The number of hydrogen-bond acceptors (Lipinski definition) is 6. The van der Waals surface area contributed by atoms with Crippen molar-refractivity contribution in [3.63, 3.8) is 0 Å². The van der Waals surface area contributed by atoms with Crippen LogP contribution in [-0.2, 0) is 11.3 Å². The van der Waals surface area contributed by atoms with E-state index in [0.29, 0.717) is 24.3 Å². The number of carbonyl (C=O) groups excluding carboxylic acids is 1. The average Bonchev–Trinajstić information content (AvgIpc) is 3.54. The van der Waals surface area contributed by atoms with Gasteiger partial charge in [0.15, 0.2) is 0 Å². The summed E-state index contributed by atoms with van der Waals surface area (Å²) < 4.78 is 47.1. The second-order valence-corrected chi connectivity index (χ2v) is 7.78. The first-order chi connectivity index (χ1) is 14.8. The molecule has 1 aromatic heterocycles. The van der Waals surface area contributed by atoms with Gasteiger partial charge >= 0.3 is 6.36 Å². The Kier molecular flexibility index (Phi) is 5.99. The third-order valence-corrected chi connectivity index (χ3v) is 5.38. The number of nitrogens with one attached hydrogen (secondary N) is 1. The van der Waals surface area contributed by atoms with Crippen LogP contribution >= 0.6 is 0 Å². The van der Waals surface area contributed by atoms with Crippen LogP contribution in [-0.4, -0.2) is 53.4 Å². The SMILES string of the molecule is COC[C@@H]1CCN1C(=O)c1cnc(NCc2cc(OC(F)(F)F)cc(C3CC3)c2)nc1. The fraction of sp³-hybridized carbons (Fsp3) is 0.476. The summed E-state index contributed by atoms with van der Waals surface area (Å²) in [6, 6.07) is 4.73. The van der Waals surface area contributed by atoms with Crippen LogP contribution in [0.2, 0.25) is 0 Å². The molecule has 1 N–H and O–H groups in total. The van der Waals surface area contributed by atoms with Crippen molar-refractivity contribution in [1.29, 1.82) is 0 Å². The number of ether oxygens (including phenoxy) is 2. The second kappa shape index (κ2) is 8.70. The number of halogens is 3. The van der Waals surface area contributed by atoms with E-state index >= 15 is 0 Å². The Morgan fingerprint density at radius 3 is 2.52 bits per heavy atom. The van der Waals surface area contributed by atoms with Gasteiger partial charge in [0.2, 0.25) is 5.95 Å². The summed E-state index contributed by atoms with van der Waals surface area (Å²) in [6.45, 7) is 1.39. The molecular weight excluding hydrogens is 413 g/mol. The van der Waals surface area contributed by atoms with Gasteiger partial charge in [0.1, 0.15) is 5.75 Å². The lowest BCUT2D eigenvalue weighted by Gasteiger charge is -2.40. The number of aromatic nitrogens is 2. The maximum Gasteiger partial charge on any atom is 0.573 e. The lowest BCUT2D eigenvalue weighted by molar-refractivity contribution is -0.274. The van der Waals surface area contributed by atoms with E-state index in [-0.39, 0.29) is 36.1 Å². The average molecular weight is 436 g/mol. The first-order valence-corrected chi connectivity index (χ1v) is 10.1. The Balaban J connectivity index is 1.39. The molecule has 1 amide bonds. The molecule has 0 spiro atoms. The minimum absolute atomic E-state index is 0.0714. The van der Waals surface area contributed by atoms with Gasteiger partial charge in [-0.25, -0.2) is 9.97 Å². The van der Waals surface area contributed by atoms with Crippen molar-refractivity contribution < 1.29 is 27.4 Å². The summed E-state index contributed by atoms with van der Waals surface area (Å²) in [7, 11) is 1.60. The van der Waals surface area contributed by atoms with E-state index in [0.717, 1.165) is 24.8 Å². The molecule has 166 valence electrons. The minimum atomic E-state index is -4.74. The number of hydrogen-bond donors (Lipinski definition) is 1. The molecule has 2 heterocycles.